The smallest absolute Gasteiger partial charge is 0.410 e. The van der Waals surface area contributed by atoms with E-state index < -0.39 is 5.60 Å². The lowest BCUT2D eigenvalue weighted by Gasteiger charge is -2.50. The van der Waals surface area contributed by atoms with E-state index in [1.165, 1.54) is 5.69 Å². The number of hydrogen-bond donors (Lipinski definition) is 1. The number of carbonyl (C=O) groups is 1. The maximum Gasteiger partial charge on any atom is 0.410 e. The van der Waals surface area contributed by atoms with Crippen LogP contribution in [-0.2, 0) is 23.2 Å². The minimum atomic E-state index is -0.490. The second-order valence-electron chi connectivity index (χ2n) is 9.99. The Kier molecular flexibility index (Phi) is 5.48. The molecule has 3 aromatic rings. The monoisotopic (exact) mass is 448 g/mol. The molecule has 33 heavy (non-hydrogen) atoms. The number of piperidine rings is 1. The number of amides is 1. The molecule has 1 N–H and O–H groups in total. The average molecular weight is 449 g/mol. The molecule has 0 saturated carbocycles. The zero-order valence-corrected chi connectivity index (χ0v) is 19.6. The van der Waals surface area contributed by atoms with Crippen LogP contribution in [0.15, 0.2) is 48.9 Å². The van der Waals surface area contributed by atoms with Gasteiger partial charge in [-0.05, 0) is 51.8 Å². The molecule has 1 amide bonds. The van der Waals surface area contributed by atoms with Crippen molar-refractivity contribution < 1.29 is 9.53 Å². The first-order valence-corrected chi connectivity index (χ1v) is 11.7. The first-order chi connectivity index (χ1) is 15.8. The van der Waals surface area contributed by atoms with Crippen molar-refractivity contribution in [3.8, 4) is 5.69 Å². The number of nitrogens with zero attached hydrogens (tertiary/aromatic N) is 5. The van der Waals surface area contributed by atoms with E-state index in [-0.39, 0.29) is 11.6 Å². The number of likely N-dealkylation sites (tertiary alicyclic amines) is 1. The highest BCUT2D eigenvalue weighted by molar-refractivity contribution is 5.68. The Morgan fingerprint density at radius 1 is 1.12 bits per heavy atom. The highest BCUT2D eigenvalue weighted by Gasteiger charge is 2.47. The third kappa shape index (κ3) is 4.27. The summed E-state index contributed by atoms with van der Waals surface area (Å²) < 4.78 is 7.54. The number of rotatable bonds is 3. The van der Waals surface area contributed by atoms with Crippen LogP contribution in [0.1, 0.15) is 50.7 Å². The van der Waals surface area contributed by atoms with E-state index in [1.54, 1.807) is 6.33 Å². The number of aromatic nitrogens is 4. The molecule has 1 saturated heterocycles. The van der Waals surface area contributed by atoms with Gasteiger partial charge >= 0.3 is 6.09 Å². The van der Waals surface area contributed by atoms with Gasteiger partial charge in [-0.1, -0.05) is 18.2 Å². The highest BCUT2D eigenvalue weighted by Crippen LogP contribution is 2.43. The van der Waals surface area contributed by atoms with Crippen molar-refractivity contribution >= 4 is 6.09 Å². The fourth-order valence-electron chi connectivity index (χ4n) is 5.06. The standard InChI is InChI=1S/C25H32N6O2/c1-24(2,3)33-23(32)29-15-11-25(12-16-29)22-21(26-18-27-22)10-13-30(25)17-19-9-14-31(28-19)20-7-5-4-6-8-20/h4-9,14,18H,10-13,15-17H2,1-3H3,(H,26,27). The van der Waals surface area contributed by atoms with Crippen LogP contribution < -0.4 is 0 Å². The molecule has 0 aliphatic carbocycles. The van der Waals surface area contributed by atoms with Crippen LogP contribution in [0.5, 0.6) is 0 Å². The van der Waals surface area contributed by atoms with Gasteiger partial charge in [-0.25, -0.2) is 14.5 Å². The van der Waals surface area contributed by atoms with Gasteiger partial charge in [0.05, 0.1) is 28.9 Å². The lowest BCUT2D eigenvalue weighted by atomic mass is 9.78. The number of aromatic amines is 1. The molecule has 0 atom stereocenters. The fraction of sp³-hybridized carbons (Fsp3) is 0.480. The molecule has 2 aromatic heterocycles. The average Bonchev–Trinajstić information content (AvgIpc) is 3.46. The number of imidazole rings is 1. The quantitative estimate of drug-likeness (QED) is 0.658. The summed E-state index contributed by atoms with van der Waals surface area (Å²) in [5, 5.41) is 4.84. The summed E-state index contributed by atoms with van der Waals surface area (Å²) in [4.78, 5) is 25.1. The summed E-state index contributed by atoms with van der Waals surface area (Å²) in [6, 6.07) is 12.3. The Morgan fingerprint density at radius 3 is 2.61 bits per heavy atom. The van der Waals surface area contributed by atoms with Crippen LogP contribution in [0.25, 0.3) is 5.69 Å². The normalized spacial score (nSPS) is 18.3. The van der Waals surface area contributed by atoms with Gasteiger partial charge in [0.25, 0.3) is 0 Å². The largest absolute Gasteiger partial charge is 0.444 e. The third-order valence-electron chi connectivity index (χ3n) is 6.66. The summed E-state index contributed by atoms with van der Waals surface area (Å²) in [6.07, 6.45) is 6.18. The van der Waals surface area contributed by atoms with E-state index in [1.807, 2.05) is 54.7 Å². The molecule has 1 spiro atoms. The summed E-state index contributed by atoms with van der Waals surface area (Å²) in [5.41, 5.74) is 3.73. The van der Waals surface area contributed by atoms with Gasteiger partial charge in [0.2, 0.25) is 0 Å². The fourth-order valence-corrected chi connectivity index (χ4v) is 5.06. The number of benzene rings is 1. The second-order valence-corrected chi connectivity index (χ2v) is 9.99. The summed E-state index contributed by atoms with van der Waals surface area (Å²) in [7, 11) is 0. The molecule has 2 aliphatic heterocycles. The van der Waals surface area contributed by atoms with Crippen LogP contribution in [0.4, 0.5) is 4.79 Å². The van der Waals surface area contributed by atoms with Crippen molar-refractivity contribution in [2.75, 3.05) is 19.6 Å². The molecule has 0 unspecified atom stereocenters. The molecule has 1 fully saturated rings. The summed E-state index contributed by atoms with van der Waals surface area (Å²) in [5.74, 6) is 0. The Bertz CT molecular complexity index is 1110. The van der Waals surface area contributed by atoms with Crippen LogP contribution in [0, 0.1) is 0 Å². The lowest BCUT2D eigenvalue weighted by Crippen LogP contribution is -2.57. The predicted molar refractivity (Wildman–Crippen MR) is 125 cm³/mol. The number of carbonyl (C=O) groups excluding carboxylic acids is 1. The molecule has 4 heterocycles. The zero-order chi connectivity index (χ0) is 23.1. The van der Waals surface area contributed by atoms with Gasteiger partial charge in [-0.2, -0.15) is 5.10 Å². The molecule has 8 nitrogen and oxygen atoms in total. The predicted octanol–water partition coefficient (Wildman–Crippen LogP) is 3.88. The topological polar surface area (TPSA) is 79.3 Å². The van der Waals surface area contributed by atoms with E-state index in [0.717, 1.165) is 49.4 Å². The summed E-state index contributed by atoms with van der Waals surface area (Å²) in [6.45, 7) is 8.70. The van der Waals surface area contributed by atoms with Gasteiger partial charge in [-0.3, -0.25) is 4.90 Å². The van der Waals surface area contributed by atoms with Crippen molar-refractivity contribution in [1.82, 2.24) is 29.5 Å². The second kappa shape index (κ2) is 8.33. The van der Waals surface area contributed by atoms with Crippen LogP contribution in [0.2, 0.25) is 0 Å². The van der Waals surface area contributed by atoms with E-state index in [4.69, 9.17) is 14.8 Å². The molecule has 174 valence electrons. The molecule has 0 radical (unpaired) electrons. The van der Waals surface area contributed by atoms with Crippen molar-refractivity contribution in [3.63, 3.8) is 0 Å². The van der Waals surface area contributed by atoms with Crippen LogP contribution in [-0.4, -0.2) is 60.9 Å². The van der Waals surface area contributed by atoms with Crippen molar-refractivity contribution in [3.05, 3.63) is 66.0 Å². The SMILES string of the molecule is CC(C)(C)OC(=O)N1CCC2(CC1)c1nc[nH]c1CCN2Cc1ccn(-c2ccccc2)n1. The van der Waals surface area contributed by atoms with E-state index in [0.29, 0.717) is 13.1 Å². The van der Waals surface area contributed by atoms with Crippen LogP contribution in [0.3, 0.4) is 0 Å². The molecular weight excluding hydrogens is 416 g/mol. The van der Waals surface area contributed by atoms with E-state index >= 15 is 0 Å². The van der Waals surface area contributed by atoms with Gasteiger partial charge < -0.3 is 14.6 Å². The molecule has 5 rings (SSSR count). The van der Waals surface area contributed by atoms with Crippen LogP contribution >= 0.6 is 0 Å². The Balaban J connectivity index is 1.36. The molecule has 8 heteroatoms. The molecule has 2 aliphatic rings. The Morgan fingerprint density at radius 2 is 1.88 bits per heavy atom. The number of para-hydroxylation sites is 1. The first-order valence-electron chi connectivity index (χ1n) is 11.7. The first kappa shape index (κ1) is 21.7. The molecule has 0 bridgehead atoms. The Hall–Kier alpha value is -3.13. The number of hydrogen-bond acceptors (Lipinski definition) is 5. The van der Waals surface area contributed by atoms with Gasteiger partial charge in [-0.15, -0.1) is 0 Å². The van der Waals surface area contributed by atoms with Gasteiger partial charge in [0, 0.05) is 44.5 Å². The molecular formula is C25H32N6O2. The van der Waals surface area contributed by atoms with Crippen molar-refractivity contribution in [1.29, 1.82) is 0 Å². The number of ether oxygens (including phenoxy) is 1. The van der Waals surface area contributed by atoms with Crippen molar-refractivity contribution in [2.24, 2.45) is 0 Å². The highest BCUT2D eigenvalue weighted by atomic mass is 16.6. The minimum absolute atomic E-state index is 0.206. The third-order valence-corrected chi connectivity index (χ3v) is 6.66. The summed E-state index contributed by atoms with van der Waals surface area (Å²) >= 11 is 0. The number of H-pyrrole nitrogens is 1. The van der Waals surface area contributed by atoms with E-state index in [2.05, 4.69) is 28.1 Å². The number of fused-ring (bicyclic) bond motifs is 2. The molecule has 1 aromatic carbocycles. The maximum absolute atomic E-state index is 12.6. The maximum atomic E-state index is 12.6. The van der Waals surface area contributed by atoms with Gasteiger partial charge in [0.1, 0.15) is 5.60 Å². The zero-order valence-electron chi connectivity index (χ0n) is 19.6. The van der Waals surface area contributed by atoms with Crippen molar-refractivity contribution in [2.45, 2.75) is 57.7 Å². The van der Waals surface area contributed by atoms with Gasteiger partial charge in [0.15, 0.2) is 0 Å². The number of nitrogens with one attached hydrogen (secondary N) is 1. The lowest BCUT2D eigenvalue weighted by molar-refractivity contribution is -0.0188. The minimum Gasteiger partial charge on any atom is -0.444 e. The van der Waals surface area contributed by atoms with E-state index in [9.17, 15) is 4.79 Å². The Labute approximate surface area is 194 Å².